The summed E-state index contributed by atoms with van der Waals surface area (Å²) in [6, 6.07) is 6.67. The first-order valence-corrected chi connectivity index (χ1v) is 13.1. The van der Waals surface area contributed by atoms with E-state index < -0.39 is 34.2 Å². The third-order valence-corrected chi connectivity index (χ3v) is 7.24. The molecule has 5 rings (SSSR count). The number of halogens is 2. The molecule has 0 spiro atoms. The number of hydrogen-bond donors (Lipinski definition) is 4. The molecule has 0 radical (unpaired) electrons. The summed E-state index contributed by atoms with van der Waals surface area (Å²) in [5, 5.41) is 9.78. The Morgan fingerprint density at radius 1 is 1.19 bits per heavy atom. The van der Waals surface area contributed by atoms with E-state index in [1.54, 1.807) is 49.2 Å². The molecular formula is C23H24F2N8O3S. The monoisotopic (exact) mass is 530 g/mol. The van der Waals surface area contributed by atoms with E-state index in [9.17, 15) is 22.0 Å². The quantitative estimate of drug-likeness (QED) is 0.271. The average Bonchev–Trinajstić information content (AvgIpc) is 3.11. The lowest BCUT2D eigenvalue weighted by Gasteiger charge is -2.16. The first kappa shape index (κ1) is 24.6. The number of imidazole rings is 1. The maximum atomic E-state index is 13.4. The van der Waals surface area contributed by atoms with E-state index in [4.69, 9.17) is 0 Å². The fourth-order valence-electron chi connectivity index (χ4n) is 3.85. The number of benzene rings is 1. The van der Waals surface area contributed by atoms with Crippen LogP contribution in [0.1, 0.15) is 19.2 Å². The van der Waals surface area contributed by atoms with Gasteiger partial charge in [0.2, 0.25) is 15.9 Å². The van der Waals surface area contributed by atoms with Crippen molar-refractivity contribution in [2.45, 2.75) is 26.2 Å². The van der Waals surface area contributed by atoms with Crippen LogP contribution in [-0.4, -0.2) is 50.7 Å². The summed E-state index contributed by atoms with van der Waals surface area (Å²) in [5.74, 6) is -4.78. The third-order valence-electron chi connectivity index (χ3n) is 5.95. The molecule has 1 aliphatic carbocycles. The Balaban J connectivity index is 1.54. The molecule has 1 atom stereocenters. The van der Waals surface area contributed by atoms with E-state index in [2.05, 4.69) is 35.4 Å². The average molecular weight is 531 g/mol. The van der Waals surface area contributed by atoms with Crippen LogP contribution in [0.5, 0.6) is 0 Å². The van der Waals surface area contributed by atoms with Crippen LogP contribution in [0.25, 0.3) is 22.3 Å². The standard InChI is InChI=1S/C23H24F2N8O3S/c1-4-37(35,36)32-17-7-13(14-10-26-33(3)11-14)5-6-16(17)29-18-8-19(30-21-20(18)27-12(2)28-21)31-22(34)15-9-23(15,24)25/h5-8,10-11,15,32H,4,9H2,1-3H3,(H3,27,28,29,30,31,34). The molecule has 1 aliphatic rings. The number of amides is 1. The molecule has 1 unspecified atom stereocenters. The number of hydrogen-bond acceptors (Lipinski definition) is 7. The molecule has 0 bridgehead atoms. The van der Waals surface area contributed by atoms with Crippen molar-refractivity contribution < 1.29 is 22.0 Å². The van der Waals surface area contributed by atoms with Gasteiger partial charge in [-0.05, 0) is 31.5 Å². The predicted molar refractivity (Wildman–Crippen MR) is 135 cm³/mol. The van der Waals surface area contributed by atoms with Crippen molar-refractivity contribution in [3.8, 4) is 11.1 Å². The number of alkyl halides is 2. The molecule has 4 aromatic rings. The maximum Gasteiger partial charge on any atom is 0.260 e. The van der Waals surface area contributed by atoms with Gasteiger partial charge in [-0.1, -0.05) is 6.07 Å². The number of nitrogens with one attached hydrogen (secondary N) is 4. The summed E-state index contributed by atoms with van der Waals surface area (Å²) < 4.78 is 55.9. The number of pyridine rings is 1. The predicted octanol–water partition coefficient (Wildman–Crippen LogP) is 3.77. The largest absolute Gasteiger partial charge is 0.352 e. The zero-order valence-electron chi connectivity index (χ0n) is 20.1. The molecule has 1 amide bonds. The van der Waals surface area contributed by atoms with Crippen LogP contribution in [0, 0.1) is 12.8 Å². The summed E-state index contributed by atoms with van der Waals surface area (Å²) in [4.78, 5) is 23.9. The molecule has 0 aliphatic heterocycles. The number of H-pyrrole nitrogens is 1. The van der Waals surface area contributed by atoms with Crippen LogP contribution >= 0.6 is 0 Å². The summed E-state index contributed by atoms with van der Waals surface area (Å²) in [6.07, 6.45) is 2.97. The number of aromatic nitrogens is 5. The Bertz CT molecular complexity index is 1630. The van der Waals surface area contributed by atoms with Gasteiger partial charge in [0, 0.05) is 31.3 Å². The van der Waals surface area contributed by atoms with Gasteiger partial charge < -0.3 is 15.6 Å². The van der Waals surface area contributed by atoms with Crippen LogP contribution in [0.15, 0.2) is 36.7 Å². The highest BCUT2D eigenvalue weighted by atomic mass is 32.2. The van der Waals surface area contributed by atoms with Crippen LogP contribution in [0.3, 0.4) is 0 Å². The van der Waals surface area contributed by atoms with Crippen LogP contribution < -0.4 is 15.4 Å². The van der Waals surface area contributed by atoms with Gasteiger partial charge in [-0.2, -0.15) is 5.10 Å². The van der Waals surface area contributed by atoms with Crippen molar-refractivity contribution >= 4 is 50.0 Å². The number of carbonyl (C=O) groups is 1. The van der Waals surface area contributed by atoms with Gasteiger partial charge in [0.25, 0.3) is 5.92 Å². The van der Waals surface area contributed by atoms with Crippen molar-refractivity contribution in [1.82, 2.24) is 24.7 Å². The van der Waals surface area contributed by atoms with Gasteiger partial charge in [-0.15, -0.1) is 0 Å². The third kappa shape index (κ3) is 5.09. The number of aryl methyl sites for hydroxylation is 2. The molecule has 0 saturated heterocycles. The van der Waals surface area contributed by atoms with Crippen molar-refractivity contribution in [3.63, 3.8) is 0 Å². The molecule has 1 aromatic carbocycles. The minimum Gasteiger partial charge on any atom is -0.352 e. The second-order valence-electron chi connectivity index (χ2n) is 8.88. The summed E-state index contributed by atoms with van der Waals surface area (Å²) in [6.45, 7) is 3.25. The van der Waals surface area contributed by atoms with E-state index in [-0.39, 0.29) is 22.9 Å². The van der Waals surface area contributed by atoms with Crippen molar-refractivity contribution in [1.29, 1.82) is 0 Å². The molecule has 3 heterocycles. The van der Waals surface area contributed by atoms with Gasteiger partial charge in [0.05, 0.1) is 29.0 Å². The van der Waals surface area contributed by atoms with Gasteiger partial charge in [0.15, 0.2) is 5.65 Å². The minimum atomic E-state index is -3.63. The van der Waals surface area contributed by atoms with Crippen LogP contribution in [-0.2, 0) is 21.9 Å². The lowest BCUT2D eigenvalue weighted by Crippen LogP contribution is -2.18. The van der Waals surface area contributed by atoms with Gasteiger partial charge in [0.1, 0.15) is 23.1 Å². The topological polar surface area (TPSA) is 147 Å². The first-order valence-electron chi connectivity index (χ1n) is 11.4. The van der Waals surface area contributed by atoms with Gasteiger partial charge in [-0.3, -0.25) is 14.2 Å². The smallest absolute Gasteiger partial charge is 0.260 e. The molecule has 37 heavy (non-hydrogen) atoms. The lowest BCUT2D eigenvalue weighted by molar-refractivity contribution is -0.119. The van der Waals surface area contributed by atoms with Crippen molar-refractivity contribution in [2.24, 2.45) is 13.0 Å². The molecule has 4 N–H and O–H groups in total. The van der Waals surface area contributed by atoms with E-state index in [0.717, 1.165) is 11.1 Å². The Hall–Kier alpha value is -4.07. The Morgan fingerprint density at radius 3 is 2.59 bits per heavy atom. The highest BCUT2D eigenvalue weighted by Gasteiger charge is 2.61. The van der Waals surface area contributed by atoms with E-state index in [0.29, 0.717) is 22.7 Å². The fourth-order valence-corrected chi connectivity index (χ4v) is 4.50. The van der Waals surface area contributed by atoms with E-state index in [1.807, 2.05) is 0 Å². The number of nitrogens with zero attached hydrogens (tertiary/aromatic N) is 4. The normalized spacial score (nSPS) is 16.5. The SMILES string of the molecule is CCS(=O)(=O)Nc1cc(-c2cnn(C)c2)ccc1Nc1cc(NC(=O)C2CC2(F)F)nc2nc(C)[nH]c12. The molecule has 3 aromatic heterocycles. The molecule has 11 nitrogen and oxygen atoms in total. The summed E-state index contributed by atoms with van der Waals surface area (Å²) in [5.41, 5.74) is 3.39. The fraction of sp³-hybridized carbons (Fsp3) is 0.304. The van der Waals surface area contributed by atoms with Crippen molar-refractivity contribution in [3.05, 3.63) is 42.5 Å². The molecule has 14 heteroatoms. The second kappa shape index (κ2) is 8.80. The molecule has 194 valence electrons. The highest BCUT2D eigenvalue weighted by molar-refractivity contribution is 7.92. The number of fused-ring (bicyclic) bond motifs is 1. The Morgan fingerprint density at radius 2 is 1.95 bits per heavy atom. The Kier molecular flexibility index (Phi) is 5.85. The van der Waals surface area contributed by atoms with Crippen molar-refractivity contribution in [2.75, 3.05) is 21.1 Å². The zero-order valence-corrected chi connectivity index (χ0v) is 20.9. The number of sulfonamides is 1. The number of rotatable bonds is 8. The van der Waals surface area contributed by atoms with Gasteiger partial charge in [-0.25, -0.2) is 27.2 Å². The Labute approximate surface area is 210 Å². The number of anilines is 4. The van der Waals surface area contributed by atoms with Crippen LogP contribution in [0.2, 0.25) is 0 Å². The minimum absolute atomic E-state index is 0.0388. The highest BCUT2D eigenvalue weighted by Crippen LogP contribution is 2.49. The molecule has 1 fully saturated rings. The number of carbonyl (C=O) groups excluding carboxylic acids is 1. The summed E-state index contributed by atoms with van der Waals surface area (Å²) in [7, 11) is -1.85. The van der Waals surface area contributed by atoms with Gasteiger partial charge >= 0.3 is 0 Å². The second-order valence-corrected chi connectivity index (χ2v) is 10.9. The zero-order chi connectivity index (χ0) is 26.5. The van der Waals surface area contributed by atoms with E-state index >= 15 is 0 Å². The summed E-state index contributed by atoms with van der Waals surface area (Å²) >= 11 is 0. The maximum absolute atomic E-state index is 13.4. The first-order chi connectivity index (χ1) is 17.4. The number of aromatic amines is 1. The molecular weight excluding hydrogens is 506 g/mol. The van der Waals surface area contributed by atoms with Crippen LogP contribution in [0.4, 0.5) is 31.7 Å². The van der Waals surface area contributed by atoms with E-state index in [1.165, 1.54) is 13.0 Å². The molecule has 1 saturated carbocycles. The lowest BCUT2D eigenvalue weighted by atomic mass is 10.1.